The predicted octanol–water partition coefficient (Wildman–Crippen LogP) is 2.21. The molecule has 0 bridgehead atoms. The Bertz CT molecular complexity index is 423. The molecule has 3 aliphatic rings. The number of amides is 1. The van der Waals surface area contributed by atoms with Gasteiger partial charge in [0.1, 0.15) is 5.54 Å². The Morgan fingerprint density at radius 1 is 1.24 bits per heavy atom. The van der Waals surface area contributed by atoms with Gasteiger partial charge in [0.05, 0.1) is 6.10 Å². The van der Waals surface area contributed by atoms with E-state index >= 15 is 0 Å². The summed E-state index contributed by atoms with van der Waals surface area (Å²) in [5.74, 6) is 0.943. The first-order valence-electron chi connectivity index (χ1n) is 8.59. The van der Waals surface area contributed by atoms with Crippen molar-refractivity contribution in [3.8, 4) is 0 Å². The van der Waals surface area contributed by atoms with E-state index in [9.17, 15) is 4.79 Å². The monoisotopic (exact) mass is 294 g/mol. The van der Waals surface area contributed by atoms with E-state index in [4.69, 9.17) is 10.5 Å². The summed E-state index contributed by atoms with van der Waals surface area (Å²) < 4.78 is 5.88. The first-order valence-corrected chi connectivity index (χ1v) is 8.59. The van der Waals surface area contributed by atoms with Crippen LogP contribution in [0.5, 0.6) is 0 Å². The largest absolute Gasteiger partial charge is 0.377 e. The smallest absolute Gasteiger partial charge is 0.241 e. The Balaban J connectivity index is 1.70. The first kappa shape index (κ1) is 15.3. The molecule has 5 atom stereocenters. The summed E-state index contributed by atoms with van der Waals surface area (Å²) in [4.78, 5) is 12.9. The molecule has 2 aliphatic carbocycles. The number of carbonyl (C=O) groups is 1. The van der Waals surface area contributed by atoms with Crippen molar-refractivity contribution in [1.82, 2.24) is 5.32 Å². The molecule has 3 N–H and O–H groups in total. The van der Waals surface area contributed by atoms with Gasteiger partial charge in [-0.05, 0) is 31.6 Å². The van der Waals surface area contributed by atoms with E-state index in [1.165, 1.54) is 12.8 Å². The fourth-order valence-corrected chi connectivity index (χ4v) is 4.91. The molecule has 0 spiro atoms. The van der Waals surface area contributed by atoms with Crippen molar-refractivity contribution in [3.05, 3.63) is 0 Å². The van der Waals surface area contributed by atoms with Crippen LogP contribution in [0, 0.1) is 17.3 Å². The van der Waals surface area contributed by atoms with Crippen LogP contribution in [0.25, 0.3) is 0 Å². The van der Waals surface area contributed by atoms with Crippen molar-refractivity contribution >= 4 is 5.91 Å². The fraction of sp³-hybridized carbons (Fsp3) is 0.941. The summed E-state index contributed by atoms with van der Waals surface area (Å²) in [6, 6.07) is 0.307. The van der Waals surface area contributed by atoms with Crippen LogP contribution in [0.1, 0.15) is 59.3 Å². The molecule has 1 amide bonds. The highest BCUT2D eigenvalue weighted by atomic mass is 16.5. The van der Waals surface area contributed by atoms with Crippen LogP contribution in [0.3, 0.4) is 0 Å². The van der Waals surface area contributed by atoms with Crippen LogP contribution in [-0.4, -0.2) is 30.2 Å². The number of hydrogen-bond acceptors (Lipinski definition) is 3. The average Bonchev–Trinajstić information content (AvgIpc) is 2.46. The number of fused-ring (bicyclic) bond motifs is 1. The van der Waals surface area contributed by atoms with Gasteiger partial charge in [-0.15, -0.1) is 0 Å². The second-order valence-corrected chi connectivity index (χ2v) is 8.07. The van der Waals surface area contributed by atoms with Crippen molar-refractivity contribution < 1.29 is 9.53 Å². The SMILES string of the molecule is CC1CCCC(NC(=O)C2(N)C3CCCOC3C2(C)C)C1. The molecule has 2 saturated carbocycles. The lowest BCUT2D eigenvalue weighted by Gasteiger charge is -2.65. The maximum atomic E-state index is 12.9. The van der Waals surface area contributed by atoms with Crippen LogP contribution in [0.2, 0.25) is 0 Å². The first-order chi connectivity index (χ1) is 9.87. The third-order valence-electron chi connectivity index (χ3n) is 6.33. The van der Waals surface area contributed by atoms with Crippen LogP contribution in [0.4, 0.5) is 0 Å². The van der Waals surface area contributed by atoms with E-state index in [-0.39, 0.29) is 23.3 Å². The molecule has 3 rings (SSSR count). The van der Waals surface area contributed by atoms with Crippen LogP contribution in [-0.2, 0) is 9.53 Å². The Labute approximate surface area is 128 Å². The van der Waals surface area contributed by atoms with Crippen LogP contribution in [0.15, 0.2) is 0 Å². The molecular weight excluding hydrogens is 264 g/mol. The van der Waals surface area contributed by atoms with E-state index in [0.717, 1.165) is 32.3 Å². The number of nitrogens with one attached hydrogen (secondary N) is 1. The van der Waals surface area contributed by atoms with Gasteiger partial charge < -0.3 is 15.8 Å². The summed E-state index contributed by atoms with van der Waals surface area (Å²) in [5, 5.41) is 3.26. The molecule has 0 aromatic rings. The molecule has 5 unspecified atom stereocenters. The summed E-state index contributed by atoms with van der Waals surface area (Å²) >= 11 is 0. The molecule has 21 heavy (non-hydrogen) atoms. The van der Waals surface area contributed by atoms with Gasteiger partial charge in [0.25, 0.3) is 0 Å². The van der Waals surface area contributed by atoms with Crippen LogP contribution < -0.4 is 11.1 Å². The molecular formula is C17H30N2O2. The van der Waals surface area contributed by atoms with Crippen molar-refractivity contribution in [1.29, 1.82) is 0 Å². The topological polar surface area (TPSA) is 64.4 Å². The summed E-state index contributed by atoms with van der Waals surface area (Å²) in [6.45, 7) is 7.25. The lowest BCUT2D eigenvalue weighted by Crippen LogP contribution is -2.82. The van der Waals surface area contributed by atoms with Crippen molar-refractivity contribution in [2.75, 3.05) is 6.61 Å². The zero-order valence-electron chi connectivity index (χ0n) is 13.7. The van der Waals surface area contributed by atoms with E-state index in [0.29, 0.717) is 12.0 Å². The molecule has 1 heterocycles. The number of ether oxygens (including phenoxy) is 1. The zero-order valence-corrected chi connectivity index (χ0v) is 13.7. The number of rotatable bonds is 2. The van der Waals surface area contributed by atoms with Gasteiger partial charge in [0.2, 0.25) is 5.91 Å². The maximum Gasteiger partial charge on any atom is 0.241 e. The Hall–Kier alpha value is -0.610. The highest BCUT2D eigenvalue weighted by molar-refractivity contribution is 5.89. The second-order valence-electron chi connectivity index (χ2n) is 8.07. The molecule has 1 saturated heterocycles. The second kappa shape index (κ2) is 5.24. The Morgan fingerprint density at radius 2 is 2.00 bits per heavy atom. The minimum atomic E-state index is -0.765. The molecule has 4 heteroatoms. The number of carbonyl (C=O) groups excluding carboxylic acids is 1. The van der Waals surface area contributed by atoms with Crippen molar-refractivity contribution in [2.45, 2.75) is 77.0 Å². The number of nitrogens with two attached hydrogens (primary N) is 1. The van der Waals surface area contributed by atoms with E-state index < -0.39 is 5.54 Å². The summed E-state index contributed by atoms with van der Waals surface area (Å²) in [7, 11) is 0. The highest BCUT2D eigenvalue weighted by Crippen LogP contribution is 2.57. The van der Waals surface area contributed by atoms with Gasteiger partial charge in [-0.3, -0.25) is 4.79 Å². The predicted molar refractivity (Wildman–Crippen MR) is 82.7 cm³/mol. The minimum Gasteiger partial charge on any atom is -0.377 e. The molecule has 0 aromatic carbocycles. The maximum absolute atomic E-state index is 12.9. The van der Waals surface area contributed by atoms with Crippen LogP contribution >= 0.6 is 0 Å². The van der Waals surface area contributed by atoms with Gasteiger partial charge in [-0.2, -0.15) is 0 Å². The zero-order chi connectivity index (χ0) is 15.3. The summed E-state index contributed by atoms with van der Waals surface area (Å²) in [6.07, 6.45) is 6.85. The van der Waals surface area contributed by atoms with Crippen molar-refractivity contribution in [3.63, 3.8) is 0 Å². The van der Waals surface area contributed by atoms with E-state index in [1.54, 1.807) is 0 Å². The van der Waals surface area contributed by atoms with Gasteiger partial charge in [-0.1, -0.05) is 33.6 Å². The third kappa shape index (κ3) is 2.22. The fourth-order valence-electron chi connectivity index (χ4n) is 4.91. The standard InChI is InChI=1S/C17H30N2O2/c1-11-6-4-7-12(10-11)19-15(20)17(18)13-8-5-9-21-14(13)16(17,2)3/h11-14H,4-10,18H2,1-3H3,(H,19,20). The normalized spacial score (nSPS) is 45.3. The molecule has 1 aliphatic heterocycles. The quantitative estimate of drug-likeness (QED) is 0.820. The Kier molecular flexibility index (Phi) is 3.81. The van der Waals surface area contributed by atoms with Crippen molar-refractivity contribution in [2.24, 2.45) is 23.0 Å². The number of hydrogen-bond donors (Lipinski definition) is 2. The van der Waals surface area contributed by atoms with E-state index in [1.807, 2.05) is 0 Å². The van der Waals surface area contributed by atoms with Gasteiger partial charge in [0.15, 0.2) is 0 Å². The lowest BCUT2D eigenvalue weighted by molar-refractivity contribution is -0.225. The summed E-state index contributed by atoms with van der Waals surface area (Å²) in [5.41, 5.74) is 5.60. The van der Waals surface area contributed by atoms with E-state index in [2.05, 4.69) is 26.1 Å². The molecule has 4 nitrogen and oxygen atoms in total. The molecule has 120 valence electrons. The molecule has 0 radical (unpaired) electrons. The van der Waals surface area contributed by atoms with Gasteiger partial charge >= 0.3 is 0 Å². The minimum absolute atomic E-state index is 0.0540. The molecule has 0 aromatic heterocycles. The Morgan fingerprint density at radius 3 is 2.71 bits per heavy atom. The van der Waals surface area contributed by atoms with Gasteiger partial charge in [-0.25, -0.2) is 0 Å². The lowest BCUT2D eigenvalue weighted by atomic mass is 9.46. The molecule has 3 fully saturated rings. The third-order valence-corrected chi connectivity index (χ3v) is 6.33. The highest BCUT2D eigenvalue weighted by Gasteiger charge is 2.70. The average molecular weight is 294 g/mol. The van der Waals surface area contributed by atoms with Gasteiger partial charge in [0, 0.05) is 24.0 Å².